The number of carboxylic acid groups (broad SMARTS) is 1. The lowest BCUT2D eigenvalue weighted by Crippen LogP contribution is -2.62. The second kappa shape index (κ2) is 28.5. The number of carbonyl (C=O) groups is 9. The highest BCUT2D eigenvalue weighted by Crippen LogP contribution is 2.21. The molecule has 0 fully saturated rings. The van der Waals surface area contributed by atoms with Gasteiger partial charge in [-0.2, -0.15) is 0 Å². The van der Waals surface area contributed by atoms with Crippen LogP contribution < -0.4 is 49.5 Å². The Kier molecular flexibility index (Phi) is 26.1. The number of guanidine groups is 1. The molecule has 18 N–H and O–H groups in total. The first-order valence-electron chi connectivity index (χ1n) is 21.2. The van der Waals surface area contributed by atoms with Gasteiger partial charge in [-0.3, -0.25) is 43.3 Å². The van der Waals surface area contributed by atoms with Gasteiger partial charge >= 0.3 is 5.97 Å². The van der Waals surface area contributed by atoms with Crippen LogP contribution in [0.25, 0.3) is 0 Å². The van der Waals surface area contributed by atoms with Gasteiger partial charge in [-0.15, -0.1) is 0 Å². The van der Waals surface area contributed by atoms with Gasteiger partial charge in [0.1, 0.15) is 24.2 Å². The number of carboxylic acids is 1. The summed E-state index contributed by atoms with van der Waals surface area (Å²) in [4.78, 5) is 121. The summed E-state index contributed by atoms with van der Waals surface area (Å²) in [5, 5.41) is 61.0. The summed E-state index contributed by atoms with van der Waals surface area (Å²) < 4.78 is 0. The number of nitrogens with two attached hydrogens (primary N) is 4. The monoisotopic (exact) mass is 917 g/mol. The summed E-state index contributed by atoms with van der Waals surface area (Å²) in [5.41, 5.74) is 22.0. The maximum atomic E-state index is 14.1. The van der Waals surface area contributed by atoms with Crippen LogP contribution in [0.5, 0.6) is 0 Å². The summed E-state index contributed by atoms with van der Waals surface area (Å²) in [5.74, 6) is -13.3. The Morgan fingerprint density at radius 1 is 0.672 bits per heavy atom. The van der Waals surface area contributed by atoms with Crippen molar-refractivity contribution < 1.29 is 68.7 Å². The minimum atomic E-state index is -2.39. The largest absolute Gasteiger partial charge is 0.480 e. The molecule has 0 heterocycles. The number of carbonyl (C=O) groups excluding carboxylic acids is 8. The molecule has 0 radical (unpaired) electrons. The Hall–Kier alpha value is -5.30. The molecule has 24 heteroatoms. The van der Waals surface area contributed by atoms with Crippen LogP contribution in [-0.2, 0) is 43.2 Å². The number of hydrogen-bond acceptors (Lipinski definition) is 15. The SMILES string of the molecule is CC[C@H](C)[C@H](NC(=O)[C@@H](CCCN=C(N)N)CC(=O)[C@H](CC(C)C)NC(=O)[C@@H](N)[C@H](O)C(C)C)C(=O)C[C@H](C(=O)N[C@H](C)C(=O)N[C@H](C(=O)N[C@@H](CO)C(=O)O)[C@H](O)C(N)=O)[C@H](C)O. The minimum Gasteiger partial charge on any atom is -0.480 e. The van der Waals surface area contributed by atoms with Crippen LogP contribution in [0.3, 0.4) is 0 Å². The highest BCUT2D eigenvalue weighted by Gasteiger charge is 2.39. The van der Waals surface area contributed by atoms with E-state index in [1.165, 1.54) is 6.92 Å². The Balaban J connectivity index is 6.44. The highest BCUT2D eigenvalue weighted by molar-refractivity contribution is 5.99. The molecule has 0 saturated heterocycles. The summed E-state index contributed by atoms with van der Waals surface area (Å²) >= 11 is 0. The van der Waals surface area contributed by atoms with E-state index in [1.54, 1.807) is 27.7 Å². The van der Waals surface area contributed by atoms with Gasteiger partial charge in [0.25, 0.3) is 0 Å². The number of aliphatic imine (C=N–C) groups is 1. The van der Waals surface area contributed by atoms with Crippen molar-refractivity contribution in [1.29, 1.82) is 0 Å². The standard InChI is InChI=1S/C40H72N10O14/c1-9-19(6)29(49-35(59)22(11-10-12-45-40(43)44)14-26(53)24(13-17(2)3)47-37(61)28(41)31(55)18(4)5)27(54)15-23(21(8)52)36(60)46-20(7)34(58)50-30(32(56)33(42)57)38(62)48-25(16-51)39(63)64/h17-25,28-32,51-52,55-56H,9-16,41H2,1-8H3,(H2,42,57)(H,46,60)(H,47,61)(H,48,62)(H,49,59)(H,50,58)(H,63,64)(H4,43,44,45)/t19-,20+,21-,22-,23-,24-,25-,28-,29-,30-,31+,32-/m0/s1. The Morgan fingerprint density at radius 2 is 1.23 bits per heavy atom. The molecule has 64 heavy (non-hydrogen) atoms. The molecule has 0 aliphatic rings. The zero-order valence-corrected chi connectivity index (χ0v) is 37.9. The van der Waals surface area contributed by atoms with Gasteiger partial charge in [0.2, 0.25) is 35.4 Å². The molecule has 0 aliphatic carbocycles. The van der Waals surface area contributed by atoms with Crippen molar-refractivity contribution in [3.63, 3.8) is 0 Å². The molecule has 0 spiro atoms. The molecule has 0 saturated carbocycles. The fraction of sp³-hybridized carbons (Fsp3) is 0.750. The number of rotatable bonds is 31. The van der Waals surface area contributed by atoms with Gasteiger partial charge in [-0.05, 0) is 50.9 Å². The number of nitrogens with zero attached hydrogens (tertiary/aromatic N) is 1. The van der Waals surface area contributed by atoms with Gasteiger partial charge < -0.3 is 75.1 Å². The quantitative estimate of drug-likeness (QED) is 0.0177. The van der Waals surface area contributed by atoms with Crippen molar-refractivity contribution in [3.05, 3.63) is 0 Å². The molecule has 0 aromatic heterocycles. The van der Waals surface area contributed by atoms with Crippen molar-refractivity contribution in [2.75, 3.05) is 13.2 Å². The number of ketones is 2. The maximum Gasteiger partial charge on any atom is 0.328 e. The molecule has 0 aliphatic heterocycles. The average Bonchev–Trinajstić information content (AvgIpc) is 3.21. The smallest absolute Gasteiger partial charge is 0.328 e. The van der Waals surface area contributed by atoms with Gasteiger partial charge in [0.15, 0.2) is 23.6 Å². The van der Waals surface area contributed by atoms with Crippen LogP contribution >= 0.6 is 0 Å². The van der Waals surface area contributed by atoms with Crippen LogP contribution in [0.15, 0.2) is 4.99 Å². The van der Waals surface area contributed by atoms with Crippen LogP contribution in [0, 0.1) is 29.6 Å². The second-order valence-electron chi connectivity index (χ2n) is 16.8. The third-order valence-electron chi connectivity index (χ3n) is 10.5. The second-order valence-corrected chi connectivity index (χ2v) is 16.8. The van der Waals surface area contributed by atoms with Gasteiger partial charge in [-0.1, -0.05) is 48.0 Å². The zero-order chi connectivity index (χ0) is 49.8. The van der Waals surface area contributed by atoms with Crippen molar-refractivity contribution in [3.8, 4) is 0 Å². The van der Waals surface area contributed by atoms with Crippen molar-refractivity contribution in [1.82, 2.24) is 26.6 Å². The van der Waals surface area contributed by atoms with E-state index in [0.29, 0.717) is 6.42 Å². The first kappa shape index (κ1) is 58.7. The third kappa shape index (κ3) is 20.0. The molecule has 366 valence electrons. The lowest BCUT2D eigenvalue weighted by atomic mass is 9.86. The number of primary amides is 1. The van der Waals surface area contributed by atoms with E-state index in [0.717, 1.165) is 6.92 Å². The van der Waals surface area contributed by atoms with Crippen LogP contribution in [0.2, 0.25) is 0 Å². The molecule has 0 bridgehead atoms. The molecule has 0 aromatic rings. The van der Waals surface area contributed by atoms with E-state index >= 15 is 0 Å². The van der Waals surface area contributed by atoms with Crippen LogP contribution in [-0.4, -0.2) is 152 Å². The zero-order valence-electron chi connectivity index (χ0n) is 37.9. The number of nitrogens with one attached hydrogen (secondary N) is 5. The number of aliphatic hydroxyl groups is 4. The maximum absolute atomic E-state index is 14.1. The fourth-order valence-corrected chi connectivity index (χ4v) is 6.27. The Bertz CT molecular complexity index is 1640. The number of aliphatic hydroxyl groups excluding tert-OH is 4. The lowest BCUT2D eigenvalue weighted by molar-refractivity contribution is -0.145. The lowest BCUT2D eigenvalue weighted by Gasteiger charge is -2.29. The molecular formula is C40H72N10O14. The topological polar surface area (TPSA) is 431 Å². The molecule has 0 aromatic carbocycles. The first-order valence-corrected chi connectivity index (χ1v) is 21.2. The van der Waals surface area contributed by atoms with E-state index in [-0.39, 0.29) is 43.6 Å². The highest BCUT2D eigenvalue weighted by atomic mass is 16.4. The predicted octanol–water partition coefficient (Wildman–Crippen LogP) is -4.63. The molecule has 0 rings (SSSR count). The molecular weight excluding hydrogens is 844 g/mol. The van der Waals surface area contributed by atoms with Crippen molar-refractivity contribution in [2.24, 2.45) is 57.5 Å². The normalized spacial score (nSPS) is 17.0. The van der Waals surface area contributed by atoms with E-state index in [4.69, 9.17) is 28.0 Å². The molecule has 0 unspecified atom stereocenters. The Morgan fingerprint density at radius 3 is 1.70 bits per heavy atom. The molecule has 6 amide bonds. The number of hydrogen-bond donors (Lipinski definition) is 14. The number of aliphatic carboxylic acids is 1. The summed E-state index contributed by atoms with van der Waals surface area (Å²) in [6.07, 6.45) is -5.36. The van der Waals surface area contributed by atoms with Crippen molar-refractivity contribution in [2.45, 2.75) is 148 Å². The fourth-order valence-electron chi connectivity index (χ4n) is 6.27. The van der Waals surface area contributed by atoms with Crippen molar-refractivity contribution >= 4 is 58.9 Å². The van der Waals surface area contributed by atoms with E-state index in [1.807, 2.05) is 24.5 Å². The van der Waals surface area contributed by atoms with E-state index in [2.05, 4.69) is 20.9 Å². The summed E-state index contributed by atoms with van der Waals surface area (Å²) in [6.45, 7) is 11.7. The van der Waals surface area contributed by atoms with Gasteiger partial charge in [-0.25, -0.2) is 4.79 Å². The van der Waals surface area contributed by atoms with Crippen LogP contribution in [0.1, 0.15) is 93.9 Å². The summed E-state index contributed by atoms with van der Waals surface area (Å²) in [6, 6.07) is -9.32. The summed E-state index contributed by atoms with van der Waals surface area (Å²) in [7, 11) is 0. The minimum absolute atomic E-state index is 0.0584. The van der Waals surface area contributed by atoms with Gasteiger partial charge in [0.05, 0.1) is 36.8 Å². The first-order chi connectivity index (χ1) is 29.6. The molecule has 24 nitrogen and oxygen atoms in total. The predicted molar refractivity (Wildman–Crippen MR) is 231 cm³/mol. The number of amides is 6. The average molecular weight is 917 g/mol. The van der Waals surface area contributed by atoms with E-state index < -0.39 is 145 Å². The van der Waals surface area contributed by atoms with Gasteiger partial charge in [0, 0.05) is 25.3 Å². The van der Waals surface area contributed by atoms with E-state index in [9.17, 15) is 63.6 Å². The third-order valence-corrected chi connectivity index (χ3v) is 10.5. The Labute approximate surface area is 372 Å². The number of Topliss-reactive ketones (excluding diaryl/α,β-unsaturated/α-hetero) is 2. The molecule has 12 atom stereocenters. The van der Waals surface area contributed by atoms with Crippen LogP contribution in [0.4, 0.5) is 0 Å².